The van der Waals surface area contributed by atoms with Crippen molar-refractivity contribution < 1.29 is 17.9 Å². The molecule has 0 saturated carbocycles. The summed E-state index contributed by atoms with van der Waals surface area (Å²) in [5.41, 5.74) is 2.54. The summed E-state index contributed by atoms with van der Waals surface area (Å²) in [6.45, 7) is 4.40. The van der Waals surface area contributed by atoms with Gasteiger partial charge in [0.05, 0.1) is 23.6 Å². The van der Waals surface area contributed by atoms with Crippen molar-refractivity contribution in [3.8, 4) is 0 Å². The number of anilines is 1. The van der Waals surface area contributed by atoms with Crippen LogP contribution in [0.1, 0.15) is 36.8 Å². The van der Waals surface area contributed by atoms with E-state index >= 15 is 0 Å². The second-order valence-electron chi connectivity index (χ2n) is 6.44. The molecule has 0 unspecified atom stereocenters. The van der Waals surface area contributed by atoms with Crippen LogP contribution >= 0.6 is 0 Å². The maximum Gasteiger partial charge on any atom is 0.306 e. The summed E-state index contributed by atoms with van der Waals surface area (Å²) in [5, 5.41) is 0. The van der Waals surface area contributed by atoms with Gasteiger partial charge in [-0.2, -0.15) is 0 Å². The molecule has 1 aliphatic heterocycles. The minimum absolute atomic E-state index is 0.0327. The van der Waals surface area contributed by atoms with Crippen molar-refractivity contribution in [2.75, 3.05) is 17.5 Å². The van der Waals surface area contributed by atoms with Crippen LogP contribution in [0.2, 0.25) is 0 Å². The minimum Gasteiger partial charge on any atom is -0.466 e. The van der Waals surface area contributed by atoms with E-state index in [-0.39, 0.29) is 23.2 Å². The molecule has 3 rings (SSSR count). The fourth-order valence-corrected chi connectivity index (χ4v) is 4.83. The lowest BCUT2D eigenvalue weighted by Crippen LogP contribution is -2.37. The zero-order valence-electron chi connectivity index (χ0n) is 15.0. The fraction of sp³-hybridized carbons (Fsp3) is 0.350. The summed E-state index contributed by atoms with van der Waals surface area (Å²) in [6.07, 6.45) is 0.851. The normalized spacial score (nSPS) is 16.8. The van der Waals surface area contributed by atoms with Crippen LogP contribution in [0.3, 0.4) is 0 Å². The third kappa shape index (κ3) is 3.60. The maximum absolute atomic E-state index is 13.1. The van der Waals surface area contributed by atoms with Crippen LogP contribution in [0.4, 0.5) is 5.69 Å². The van der Waals surface area contributed by atoms with Crippen molar-refractivity contribution in [3.05, 3.63) is 59.7 Å². The average Bonchev–Trinajstić information content (AvgIpc) is 2.62. The molecule has 0 radical (unpaired) electrons. The van der Waals surface area contributed by atoms with Gasteiger partial charge in [0.15, 0.2) is 0 Å². The maximum atomic E-state index is 13.1. The number of carbonyl (C=O) groups excluding carboxylic acids is 1. The molecule has 0 saturated heterocycles. The Bertz CT molecular complexity index is 890. The molecular formula is C20H23NO4S. The van der Waals surface area contributed by atoms with Crippen molar-refractivity contribution in [3.63, 3.8) is 0 Å². The van der Waals surface area contributed by atoms with Crippen molar-refractivity contribution in [2.45, 2.75) is 37.5 Å². The SMILES string of the molecule is CCOC(=O)C[C@H]1CCN(S(=O)(=O)c2ccc(C)cc2)c2ccccc21. The van der Waals surface area contributed by atoms with Gasteiger partial charge in [0, 0.05) is 6.54 Å². The van der Waals surface area contributed by atoms with Crippen molar-refractivity contribution in [1.29, 1.82) is 0 Å². The number of esters is 1. The Morgan fingerprint density at radius 2 is 1.85 bits per heavy atom. The van der Waals surface area contributed by atoms with E-state index in [9.17, 15) is 13.2 Å². The van der Waals surface area contributed by atoms with Crippen LogP contribution in [0.15, 0.2) is 53.4 Å². The van der Waals surface area contributed by atoms with E-state index in [1.807, 2.05) is 25.1 Å². The standard InChI is InChI=1S/C20H23NO4S/c1-3-25-20(22)14-16-12-13-21(19-7-5-4-6-18(16)19)26(23,24)17-10-8-15(2)9-11-17/h4-11,16H,3,12-14H2,1-2H3/t16-/m1/s1. The molecule has 0 fully saturated rings. The van der Waals surface area contributed by atoms with Crippen LogP contribution in [-0.4, -0.2) is 27.5 Å². The van der Waals surface area contributed by atoms with Gasteiger partial charge >= 0.3 is 5.97 Å². The largest absolute Gasteiger partial charge is 0.466 e. The summed E-state index contributed by atoms with van der Waals surface area (Å²) in [7, 11) is -3.64. The minimum atomic E-state index is -3.64. The summed E-state index contributed by atoms with van der Waals surface area (Å²) in [5.74, 6) is -0.281. The van der Waals surface area contributed by atoms with Gasteiger partial charge in [0.1, 0.15) is 0 Å². The molecule has 1 atom stereocenters. The molecule has 1 aliphatic rings. The topological polar surface area (TPSA) is 63.7 Å². The molecule has 0 aromatic heterocycles. The van der Waals surface area contributed by atoms with E-state index in [0.717, 1.165) is 11.1 Å². The zero-order chi connectivity index (χ0) is 18.7. The number of carbonyl (C=O) groups is 1. The van der Waals surface area contributed by atoms with E-state index in [1.165, 1.54) is 4.31 Å². The van der Waals surface area contributed by atoms with E-state index in [2.05, 4.69) is 0 Å². The first-order chi connectivity index (χ1) is 12.4. The smallest absolute Gasteiger partial charge is 0.306 e. The van der Waals surface area contributed by atoms with Gasteiger partial charge in [-0.1, -0.05) is 35.9 Å². The van der Waals surface area contributed by atoms with Crippen LogP contribution in [-0.2, 0) is 19.6 Å². The summed E-state index contributed by atoms with van der Waals surface area (Å²) < 4.78 is 32.8. The van der Waals surface area contributed by atoms with Crippen LogP contribution < -0.4 is 4.31 Å². The van der Waals surface area contributed by atoms with Crippen molar-refractivity contribution in [2.24, 2.45) is 0 Å². The third-order valence-corrected chi connectivity index (χ3v) is 6.48. The molecule has 0 spiro atoms. The lowest BCUT2D eigenvalue weighted by atomic mass is 9.88. The number of ether oxygens (including phenoxy) is 1. The highest BCUT2D eigenvalue weighted by molar-refractivity contribution is 7.92. The molecule has 138 valence electrons. The number of nitrogens with zero attached hydrogens (tertiary/aromatic N) is 1. The Kier molecular flexibility index (Phi) is 5.32. The van der Waals surface area contributed by atoms with Gasteiger partial charge in [-0.3, -0.25) is 9.10 Å². The molecule has 0 aliphatic carbocycles. The molecule has 2 aromatic rings. The second kappa shape index (κ2) is 7.50. The van der Waals surface area contributed by atoms with Crippen LogP contribution in [0.25, 0.3) is 0 Å². The molecular weight excluding hydrogens is 350 g/mol. The summed E-state index contributed by atoms with van der Waals surface area (Å²) >= 11 is 0. The van der Waals surface area contributed by atoms with E-state index in [0.29, 0.717) is 25.3 Å². The number of aryl methyl sites for hydroxylation is 1. The molecule has 26 heavy (non-hydrogen) atoms. The van der Waals surface area contributed by atoms with Gasteiger partial charge in [-0.15, -0.1) is 0 Å². The fourth-order valence-electron chi connectivity index (χ4n) is 3.33. The molecule has 5 nitrogen and oxygen atoms in total. The number of benzene rings is 2. The van der Waals surface area contributed by atoms with E-state index < -0.39 is 10.0 Å². The Hall–Kier alpha value is -2.34. The quantitative estimate of drug-likeness (QED) is 0.751. The Labute approximate surface area is 154 Å². The van der Waals surface area contributed by atoms with Gasteiger partial charge in [-0.05, 0) is 49.9 Å². The first-order valence-corrected chi connectivity index (χ1v) is 10.2. The number of fused-ring (bicyclic) bond motifs is 1. The highest BCUT2D eigenvalue weighted by Gasteiger charge is 2.33. The third-order valence-electron chi connectivity index (χ3n) is 4.65. The van der Waals surface area contributed by atoms with Crippen molar-refractivity contribution >= 4 is 21.7 Å². The molecule has 0 N–H and O–H groups in total. The molecule has 2 aromatic carbocycles. The summed E-state index contributed by atoms with van der Waals surface area (Å²) in [4.78, 5) is 12.2. The lowest BCUT2D eigenvalue weighted by molar-refractivity contribution is -0.143. The van der Waals surface area contributed by atoms with E-state index in [4.69, 9.17) is 4.74 Å². The van der Waals surface area contributed by atoms with Crippen molar-refractivity contribution in [1.82, 2.24) is 0 Å². The van der Waals surface area contributed by atoms with Gasteiger partial charge in [0.25, 0.3) is 10.0 Å². The van der Waals surface area contributed by atoms with Gasteiger partial charge < -0.3 is 4.74 Å². The molecule has 0 bridgehead atoms. The lowest BCUT2D eigenvalue weighted by Gasteiger charge is -2.34. The number of hydrogen-bond acceptors (Lipinski definition) is 4. The van der Waals surface area contributed by atoms with Crippen LogP contribution in [0.5, 0.6) is 0 Å². The predicted molar refractivity (Wildman–Crippen MR) is 101 cm³/mol. The number of para-hydroxylation sites is 1. The van der Waals surface area contributed by atoms with Crippen LogP contribution in [0, 0.1) is 6.92 Å². The molecule has 0 amide bonds. The zero-order valence-corrected chi connectivity index (χ0v) is 15.8. The number of rotatable bonds is 5. The highest BCUT2D eigenvalue weighted by atomic mass is 32.2. The van der Waals surface area contributed by atoms with Gasteiger partial charge in [0.2, 0.25) is 0 Å². The predicted octanol–water partition coefficient (Wildman–Crippen LogP) is 3.63. The number of hydrogen-bond donors (Lipinski definition) is 0. The first kappa shape index (κ1) is 18.5. The Balaban J connectivity index is 1.95. The molecule has 1 heterocycles. The second-order valence-corrected chi connectivity index (χ2v) is 8.31. The Morgan fingerprint density at radius 3 is 2.54 bits per heavy atom. The highest BCUT2D eigenvalue weighted by Crippen LogP contribution is 2.39. The average molecular weight is 373 g/mol. The molecule has 6 heteroatoms. The summed E-state index contributed by atoms with van der Waals surface area (Å²) in [6, 6.07) is 14.3. The monoisotopic (exact) mass is 373 g/mol. The van der Waals surface area contributed by atoms with Gasteiger partial charge in [-0.25, -0.2) is 8.42 Å². The Morgan fingerprint density at radius 1 is 1.15 bits per heavy atom. The number of sulfonamides is 1. The van der Waals surface area contributed by atoms with E-state index in [1.54, 1.807) is 37.3 Å². The first-order valence-electron chi connectivity index (χ1n) is 8.77.